The second-order valence-electron chi connectivity index (χ2n) is 6.47. The highest BCUT2D eigenvalue weighted by Crippen LogP contribution is 2.37. The minimum atomic E-state index is -0.988. The minimum Gasteiger partial charge on any atom is -0.490 e. The summed E-state index contributed by atoms with van der Waals surface area (Å²) in [6.07, 6.45) is 3.35. The van der Waals surface area contributed by atoms with Crippen LogP contribution in [0.4, 0.5) is 5.69 Å². The summed E-state index contributed by atoms with van der Waals surface area (Å²) in [4.78, 5) is 18.0. The van der Waals surface area contributed by atoms with Crippen LogP contribution in [0.5, 0.6) is 5.75 Å². The summed E-state index contributed by atoms with van der Waals surface area (Å²) in [5.74, 6) is 5.97. The van der Waals surface area contributed by atoms with E-state index in [9.17, 15) is 9.90 Å². The number of aromatic nitrogens is 1. The van der Waals surface area contributed by atoms with Crippen molar-refractivity contribution in [2.24, 2.45) is 0 Å². The molecule has 5 nitrogen and oxygen atoms in total. The predicted molar refractivity (Wildman–Crippen MR) is 108 cm³/mol. The molecule has 1 aliphatic heterocycles. The fraction of sp³-hybridized carbons (Fsp3) is 0.130. The molecule has 1 N–H and O–H groups in total. The van der Waals surface area contributed by atoms with Crippen molar-refractivity contribution in [1.82, 2.24) is 4.98 Å². The Morgan fingerprint density at radius 3 is 2.75 bits per heavy atom. The molecule has 0 spiro atoms. The third-order valence-electron chi connectivity index (χ3n) is 4.66. The Kier molecular flexibility index (Phi) is 4.69. The van der Waals surface area contributed by atoms with E-state index < -0.39 is 5.97 Å². The molecule has 28 heavy (non-hydrogen) atoms. The standard InChI is InChI=1S/C23H18N2O3/c1-25-13-14-28-21-15-18(7-8-20(21)25)22-17(3-2-4-19(22)23(26)27)6-5-16-9-11-24-12-10-16/h2-4,7-12,15H,13-14H2,1H3,(H,26,27). The van der Waals surface area contributed by atoms with Gasteiger partial charge in [-0.05, 0) is 42.0 Å². The van der Waals surface area contributed by atoms with Gasteiger partial charge in [0.2, 0.25) is 0 Å². The first-order valence-corrected chi connectivity index (χ1v) is 8.90. The Morgan fingerprint density at radius 1 is 1.14 bits per heavy atom. The maximum Gasteiger partial charge on any atom is 0.336 e. The van der Waals surface area contributed by atoms with Crippen molar-refractivity contribution in [2.45, 2.75) is 0 Å². The fourth-order valence-electron chi connectivity index (χ4n) is 3.23. The molecule has 2 aromatic carbocycles. The zero-order valence-corrected chi connectivity index (χ0v) is 15.3. The quantitative estimate of drug-likeness (QED) is 0.698. The average Bonchev–Trinajstić information content (AvgIpc) is 2.72. The number of ether oxygens (including phenoxy) is 1. The molecule has 0 aliphatic carbocycles. The van der Waals surface area contributed by atoms with Crippen molar-refractivity contribution in [2.75, 3.05) is 25.1 Å². The van der Waals surface area contributed by atoms with E-state index in [4.69, 9.17) is 4.74 Å². The number of hydrogen-bond donors (Lipinski definition) is 1. The number of carboxylic acids is 1. The topological polar surface area (TPSA) is 62.7 Å². The first-order chi connectivity index (χ1) is 13.6. The van der Waals surface area contributed by atoms with Crippen LogP contribution in [-0.4, -0.2) is 36.3 Å². The van der Waals surface area contributed by atoms with Crippen LogP contribution in [-0.2, 0) is 0 Å². The van der Waals surface area contributed by atoms with E-state index in [1.54, 1.807) is 24.5 Å². The molecule has 0 atom stereocenters. The molecule has 0 radical (unpaired) electrons. The SMILES string of the molecule is CN1CCOc2cc(-c3c(C#Cc4ccncc4)cccc3C(=O)O)ccc21. The lowest BCUT2D eigenvalue weighted by Gasteiger charge is -2.28. The van der Waals surface area contributed by atoms with Crippen LogP contribution in [0.1, 0.15) is 21.5 Å². The summed E-state index contributed by atoms with van der Waals surface area (Å²) in [6, 6.07) is 14.6. The number of benzene rings is 2. The Bertz CT molecular complexity index is 1100. The molecule has 2 heterocycles. The summed E-state index contributed by atoms with van der Waals surface area (Å²) in [6.45, 7) is 1.42. The second-order valence-corrected chi connectivity index (χ2v) is 6.47. The van der Waals surface area contributed by atoms with Gasteiger partial charge in [0, 0.05) is 36.1 Å². The van der Waals surface area contributed by atoms with Crippen LogP contribution in [0.15, 0.2) is 60.9 Å². The van der Waals surface area contributed by atoms with Crippen molar-refractivity contribution in [3.63, 3.8) is 0 Å². The van der Waals surface area contributed by atoms with E-state index in [0.29, 0.717) is 17.7 Å². The first-order valence-electron chi connectivity index (χ1n) is 8.90. The molecule has 0 bridgehead atoms. The highest BCUT2D eigenvalue weighted by molar-refractivity contribution is 5.98. The lowest BCUT2D eigenvalue weighted by Crippen LogP contribution is -2.28. The molecule has 4 rings (SSSR count). The number of fused-ring (bicyclic) bond motifs is 1. The largest absolute Gasteiger partial charge is 0.490 e. The summed E-state index contributed by atoms with van der Waals surface area (Å²) in [5, 5.41) is 9.72. The van der Waals surface area contributed by atoms with Gasteiger partial charge in [0.05, 0.1) is 17.8 Å². The number of pyridine rings is 1. The maximum atomic E-state index is 11.9. The van der Waals surface area contributed by atoms with Crippen molar-refractivity contribution >= 4 is 11.7 Å². The lowest BCUT2D eigenvalue weighted by molar-refractivity contribution is 0.0697. The number of likely N-dealkylation sites (N-methyl/N-ethyl adjacent to an activating group) is 1. The third kappa shape index (κ3) is 3.40. The number of carboxylic acid groups (broad SMARTS) is 1. The van der Waals surface area contributed by atoms with Crippen LogP contribution >= 0.6 is 0 Å². The first kappa shape index (κ1) is 17.6. The molecule has 138 valence electrons. The van der Waals surface area contributed by atoms with Gasteiger partial charge in [0.15, 0.2) is 0 Å². The molecule has 0 amide bonds. The van der Waals surface area contributed by atoms with Gasteiger partial charge in [-0.2, -0.15) is 0 Å². The molecule has 0 unspecified atom stereocenters. The molecular formula is C23H18N2O3. The molecule has 0 saturated heterocycles. The highest BCUT2D eigenvalue weighted by Gasteiger charge is 2.19. The molecular weight excluding hydrogens is 352 g/mol. The third-order valence-corrected chi connectivity index (χ3v) is 4.66. The van der Waals surface area contributed by atoms with Crippen LogP contribution in [0.25, 0.3) is 11.1 Å². The van der Waals surface area contributed by atoms with E-state index in [-0.39, 0.29) is 5.56 Å². The summed E-state index contributed by atoms with van der Waals surface area (Å²) >= 11 is 0. The fourth-order valence-corrected chi connectivity index (χ4v) is 3.23. The summed E-state index contributed by atoms with van der Waals surface area (Å²) in [5.41, 5.74) is 4.04. The zero-order chi connectivity index (χ0) is 19.5. The van der Waals surface area contributed by atoms with Gasteiger partial charge < -0.3 is 14.7 Å². The van der Waals surface area contributed by atoms with Crippen LogP contribution < -0.4 is 9.64 Å². The van der Waals surface area contributed by atoms with E-state index in [1.165, 1.54) is 0 Å². The highest BCUT2D eigenvalue weighted by atomic mass is 16.5. The van der Waals surface area contributed by atoms with Gasteiger partial charge in [-0.25, -0.2) is 4.79 Å². The molecule has 5 heteroatoms. The van der Waals surface area contributed by atoms with Crippen molar-refractivity contribution < 1.29 is 14.6 Å². The second kappa shape index (κ2) is 7.45. The summed E-state index contributed by atoms with van der Waals surface area (Å²) in [7, 11) is 2.01. The van der Waals surface area contributed by atoms with E-state index >= 15 is 0 Å². The Labute approximate surface area is 163 Å². The van der Waals surface area contributed by atoms with Gasteiger partial charge in [-0.15, -0.1) is 0 Å². The van der Waals surface area contributed by atoms with Crippen molar-refractivity contribution in [1.29, 1.82) is 0 Å². The number of aromatic carboxylic acids is 1. The zero-order valence-electron chi connectivity index (χ0n) is 15.3. The lowest BCUT2D eigenvalue weighted by atomic mass is 9.93. The minimum absolute atomic E-state index is 0.214. The maximum absolute atomic E-state index is 11.9. The van der Waals surface area contributed by atoms with Gasteiger partial charge in [0.25, 0.3) is 0 Å². The number of hydrogen-bond acceptors (Lipinski definition) is 4. The molecule has 3 aromatic rings. The number of nitrogens with zero attached hydrogens (tertiary/aromatic N) is 2. The molecule has 1 aromatic heterocycles. The Morgan fingerprint density at radius 2 is 1.96 bits per heavy atom. The molecule has 1 aliphatic rings. The van der Waals surface area contributed by atoms with Crippen LogP contribution in [0.2, 0.25) is 0 Å². The summed E-state index contributed by atoms with van der Waals surface area (Å²) < 4.78 is 5.79. The van der Waals surface area contributed by atoms with E-state index in [2.05, 4.69) is 21.7 Å². The Balaban J connectivity index is 1.86. The smallest absolute Gasteiger partial charge is 0.336 e. The van der Waals surface area contributed by atoms with Crippen LogP contribution in [0, 0.1) is 11.8 Å². The number of rotatable bonds is 2. The monoisotopic (exact) mass is 370 g/mol. The average molecular weight is 370 g/mol. The van der Waals surface area contributed by atoms with Crippen molar-refractivity contribution in [3.05, 3.63) is 77.6 Å². The van der Waals surface area contributed by atoms with Crippen LogP contribution in [0.3, 0.4) is 0 Å². The van der Waals surface area contributed by atoms with Gasteiger partial charge in [-0.1, -0.05) is 24.0 Å². The molecule has 0 saturated carbocycles. The van der Waals surface area contributed by atoms with Crippen molar-refractivity contribution in [3.8, 4) is 28.7 Å². The Hall–Kier alpha value is -3.78. The van der Waals surface area contributed by atoms with E-state index in [1.807, 2.05) is 43.4 Å². The normalized spacial score (nSPS) is 12.4. The van der Waals surface area contributed by atoms with Gasteiger partial charge in [0.1, 0.15) is 12.4 Å². The number of anilines is 1. The molecule has 0 fully saturated rings. The van der Waals surface area contributed by atoms with Gasteiger partial charge >= 0.3 is 5.97 Å². The predicted octanol–water partition coefficient (Wildman–Crippen LogP) is 3.68. The van der Waals surface area contributed by atoms with E-state index in [0.717, 1.165) is 29.1 Å². The van der Waals surface area contributed by atoms with Gasteiger partial charge in [-0.3, -0.25) is 4.98 Å². The number of carbonyl (C=O) groups is 1.